The lowest BCUT2D eigenvalue weighted by molar-refractivity contribution is -0.137. The summed E-state index contributed by atoms with van der Waals surface area (Å²) < 4.78 is 16.6. The van der Waals surface area contributed by atoms with Crippen LogP contribution in [0.2, 0.25) is 4.34 Å². The van der Waals surface area contributed by atoms with Crippen molar-refractivity contribution in [1.82, 2.24) is 9.13 Å². The summed E-state index contributed by atoms with van der Waals surface area (Å²) in [5, 5.41) is 9.16. The van der Waals surface area contributed by atoms with Crippen LogP contribution in [0.15, 0.2) is 38.3 Å². The maximum Gasteiger partial charge on any atom is 0.332 e. The van der Waals surface area contributed by atoms with Crippen molar-refractivity contribution >= 4 is 55.1 Å². The topological polar surface area (TPSA) is 81.3 Å². The Morgan fingerprint density at radius 1 is 1.28 bits per heavy atom. The van der Waals surface area contributed by atoms with Gasteiger partial charge >= 0.3 is 11.7 Å². The van der Waals surface area contributed by atoms with Crippen molar-refractivity contribution in [2.75, 3.05) is 0 Å². The molecule has 1 N–H and O–H groups in total. The van der Waals surface area contributed by atoms with Gasteiger partial charge in [0.1, 0.15) is 17.2 Å². The van der Waals surface area contributed by atoms with Gasteiger partial charge in [0, 0.05) is 10.0 Å². The van der Waals surface area contributed by atoms with Gasteiger partial charge in [0.05, 0.1) is 16.3 Å². The SMILES string of the molecule is O=C(O)Cn1c(=O)n(Cc2ccc(Br)cc2F)c(=O)c2cc(Cl)sc21. The lowest BCUT2D eigenvalue weighted by atomic mass is 10.2. The Kier molecular flexibility index (Phi) is 4.81. The highest BCUT2D eigenvalue weighted by molar-refractivity contribution is 9.10. The van der Waals surface area contributed by atoms with Crippen LogP contribution in [-0.4, -0.2) is 20.2 Å². The van der Waals surface area contributed by atoms with E-state index in [-0.39, 0.29) is 26.7 Å². The van der Waals surface area contributed by atoms with E-state index < -0.39 is 29.6 Å². The molecule has 2 aromatic heterocycles. The average molecular weight is 448 g/mol. The molecule has 0 aliphatic heterocycles. The van der Waals surface area contributed by atoms with Gasteiger partial charge in [0.25, 0.3) is 5.56 Å². The number of carboxylic acids is 1. The third kappa shape index (κ3) is 3.39. The average Bonchev–Trinajstić information content (AvgIpc) is 2.91. The van der Waals surface area contributed by atoms with Crippen LogP contribution in [0, 0.1) is 5.82 Å². The minimum atomic E-state index is -1.24. The summed E-state index contributed by atoms with van der Waals surface area (Å²) in [6.45, 7) is -0.949. The molecule has 0 saturated carbocycles. The maximum atomic E-state index is 14.1. The number of benzene rings is 1. The maximum absolute atomic E-state index is 14.1. The van der Waals surface area contributed by atoms with E-state index in [1.807, 2.05) is 0 Å². The molecule has 0 unspecified atom stereocenters. The lowest BCUT2D eigenvalue weighted by Crippen LogP contribution is -2.41. The number of rotatable bonds is 4. The van der Waals surface area contributed by atoms with Crippen LogP contribution in [0.1, 0.15) is 5.56 Å². The van der Waals surface area contributed by atoms with Crippen LogP contribution in [0.5, 0.6) is 0 Å². The molecular weight excluding hydrogens is 439 g/mol. The van der Waals surface area contributed by atoms with Crippen molar-refractivity contribution in [3.63, 3.8) is 0 Å². The summed E-state index contributed by atoms with van der Waals surface area (Å²) in [6.07, 6.45) is 0. The van der Waals surface area contributed by atoms with Crippen LogP contribution in [0.25, 0.3) is 10.2 Å². The number of hydrogen-bond donors (Lipinski definition) is 1. The molecule has 0 amide bonds. The van der Waals surface area contributed by atoms with Crippen LogP contribution >= 0.6 is 38.9 Å². The molecule has 10 heteroatoms. The third-order valence-corrected chi connectivity index (χ3v) is 5.28. The van der Waals surface area contributed by atoms with Crippen molar-refractivity contribution in [1.29, 1.82) is 0 Å². The number of halogens is 3. The molecule has 2 heterocycles. The molecule has 0 aliphatic rings. The predicted octanol–water partition coefficient (Wildman–Crippen LogP) is 2.91. The molecule has 0 fully saturated rings. The van der Waals surface area contributed by atoms with E-state index in [0.29, 0.717) is 4.47 Å². The quantitative estimate of drug-likeness (QED) is 0.667. The van der Waals surface area contributed by atoms with Crippen molar-refractivity contribution in [3.05, 3.63) is 65.3 Å². The minimum absolute atomic E-state index is 0.119. The number of carboxylic acid groups (broad SMARTS) is 1. The molecule has 0 bridgehead atoms. The molecule has 0 aliphatic carbocycles. The van der Waals surface area contributed by atoms with Gasteiger partial charge < -0.3 is 5.11 Å². The molecular formula is C15H9BrClFN2O4S. The van der Waals surface area contributed by atoms with Gasteiger partial charge in [-0.1, -0.05) is 33.6 Å². The number of hydrogen-bond acceptors (Lipinski definition) is 4. The van der Waals surface area contributed by atoms with Gasteiger partial charge in [-0.2, -0.15) is 0 Å². The summed E-state index contributed by atoms with van der Waals surface area (Å²) in [5.41, 5.74) is -1.35. The zero-order chi connectivity index (χ0) is 18.3. The highest BCUT2D eigenvalue weighted by Crippen LogP contribution is 2.26. The minimum Gasteiger partial charge on any atom is -0.480 e. The van der Waals surface area contributed by atoms with Gasteiger partial charge in [-0.05, 0) is 18.2 Å². The van der Waals surface area contributed by atoms with Crippen LogP contribution in [0.3, 0.4) is 0 Å². The molecule has 25 heavy (non-hydrogen) atoms. The molecule has 3 aromatic rings. The molecule has 6 nitrogen and oxygen atoms in total. The fourth-order valence-corrected chi connectivity index (χ4v) is 3.94. The van der Waals surface area contributed by atoms with E-state index in [9.17, 15) is 18.8 Å². The van der Waals surface area contributed by atoms with E-state index in [1.165, 1.54) is 18.2 Å². The van der Waals surface area contributed by atoms with E-state index in [2.05, 4.69) is 15.9 Å². The summed E-state index contributed by atoms with van der Waals surface area (Å²) in [7, 11) is 0. The van der Waals surface area contributed by atoms with Gasteiger partial charge in [-0.3, -0.25) is 18.7 Å². The number of thiophene rings is 1. The zero-order valence-electron chi connectivity index (χ0n) is 12.3. The van der Waals surface area contributed by atoms with Gasteiger partial charge in [0.15, 0.2) is 0 Å². The predicted molar refractivity (Wildman–Crippen MR) is 96.2 cm³/mol. The Morgan fingerprint density at radius 2 is 2.00 bits per heavy atom. The van der Waals surface area contributed by atoms with Gasteiger partial charge in [-0.25, -0.2) is 9.18 Å². The lowest BCUT2D eigenvalue weighted by Gasteiger charge is -2.11. The Labute approximate surface area is 156 Å². The normalized spacial score (nSPS) is 11.2. The first kappa shape index (κ1) is 17.8. The van der Waals surface area contributed by atoms with Gasteiger partial charge in [0.2, 0.25) is 0 Å². The summed E-state index contributed by atoms with van der Waals surface area (Å²) >= 11 is 9.99. The number of fused-ring (bicyclic) bond motifs is 1. The molecule has 0 saturated heterocycles. The Balaban J connectivity index is 2.25. The highest BCUT2D eigenvalue weighted by Gasteiger charge is 2.18. The number of nitrogens with zero attached hydrogens (tertiary/aromatic N) is 2. The van der Waals surface area contributed by atoms with Crippen LogP contribution in [-0.2, 0) is 17.9 Å². The number of aliphatic carboxylic acids is 1. The van der Waals surface area contributed by atoms with E-state index in [1.54, 1.807) is 6.07 Å². The van der Waals surface area contributed by atoms with Crippen molar-refractivity contribution in [2.45, 2.75) is 13.1 Å². The largest absolute Gasteiger partial charge is 0.480 e. The summed E-state index contributed by atoms with van der Waals surface area (Å²) in [6, 6.07) is 5.61. The molecule has 3 rings (SSSR count). The van der Waals surface area contributed by atoms with Crippen LogP contribution < -0.4 is 11.2 Å². The number of aromatic nitrogens is 2. The molecule has 130 valence electrons. The second kappa shape index (κ2) is 6.74. The molecule has 0 atom stereocenters. The monoisotopic (exact) mass is 446 g/mol. The number of carbonyl (C=O) groups is 1. The van der Waals surface area contributed by atoms with E-state index >= 15 is 0 Å². The van der Waals surface area contributed by atoms with Gasteiger partial charge in [-0.15, -0.1) is 11.3 Å². The molecule has 0 radical (unpaired) electrons. The fourth-order valence-electron chi connectivity index (χ4n) is 2.40. The summed E-state index contributed by atoms with van der Waals surface area (Å²) in [5.74, 6) is -1.83. The summed E-state index contributed by atoms with van der Waals surface area (Å²) in [4.78, 5) is 36.5. The molecule has 0 spiro atoms. The van der Waals surface area contributed by atoms with Crippen molar-refractivity contribution in [2.24, 2.45) is 0 Å². The van der Waals surface area contributed by atoms with Crippen molar-refractivity contribution in [3.8, 4) is 0 Å². The Hall–Kier alpha value is -1.97. The van der Waals surface area contributed by atoms with Crippen molar-refractivity contribution < 1.29 is 14.3 Å². The van der Waals surface area contributed by atoms with E-state index in [0.717, 1.165) is 20.5 Å². The standard InChI is InChI=1S/C15H9BrClFN2O4S/c16-8-2-1-7(10(18)3-8)5-19-13(23)9-4-11(17)25-14(9)20(15(19)24)6-12(21)22/h1-4H,5-6H2,(H,21,22). The Bertz CT molecular complexity index is 1120. The first-order valence-electron chi connectivity index (χ1n) is 6.86. The van der Waals surface area contributed by atoms with E-state index in [4.69, 9.17) is 16.7 Å². The Morgan fingerprint density at radius 3 is 2.64 bits per heavy atom. The first-order valence-corrected chi connectivity index (χ1v) is 8.85. The highest BCUT2D eigenvalue weighted by atomic mass is 79.9. The fraction of sp³-hybridized carbons (Fsp3) is 0.133. The second-order valence-corrected chi connectivity index (χ2v) is 7.74. The molecule has 1 aromatic carbocycles. The second-order valence-electron chi connectivity index (χ2n) is 5.16. The van der Waals surface area contributed by atoms with Crippen LogP contribution in [0.4, 0.5) is 4.39 Å². The first-order chi connectivity index (χ1) is 11.8. The zero-order valence-corrected chi connectivity index (χ0v) is 15.5. The smallest absolute Gasteiger partial charge is 0.332 e. The third-order valence-electron chi connectivity index (χ3n) is 3.50.